The summed E-state index contributed by atoms with van der Waals surface area (Å²) in [5.41, 5.74) is 0. The molecule has 0 aromatic carbocycles. The van der Waals surface area contributed by atoms with Gasteiger partial charge in [-0.3, -0.25) is 4.79 Å². The summed E-state index contributed by atoms with van der Waals surface area (Å²) in [5, 5.41) is 3.56. The SMILES string of the molecule is O=C1CCCC[C@H]1[C@H]1CCCCCN1. The second-order valence-corrected chi connectivity index (χ2v) is 4.73. The van der Waals surface area contributed by atoms with Crippen LogP contribution in [-0.4, -0.2) is 18.4 Å². The smallest absolute Gasteiger partial charge is 0.137 e. The Bertz CT molecular complexity index is 194. The van der Waals surface area contributed by atoms with E-state index in [1.54, 1.807) is 0 Å². The number of carbonyl (C=O) groups excluding carboxylic acids is 1. The van der Waals surface area contributed by atoms with Gasteiger partial charge in [0, 0.05) is 18.4 Å². The van der Waals surface area contributed by atoms with Crippen LogP contribution in [0.25, 0.3) is 0 Å². The molecule has 2 heteroatoms. The first kappa shape index (κ1) is 10.2. The summed E-state index contributed by atoms with van der Waals surface area (Å²) in [5.74, 6) is 0.873. The van der Waals surface area contributed by atoms with Crippen molar-refractivity contribution in [1.82, 2.24) is 5.32 Å². The Hall–Kier alpha value is -0.370. The number of hydrogen-bond acceptors (Lipinski definition) is 2. The molecule has 1 N–H and O–H groups in total. The Morgan fingerprint density at radius 1 is 1.00 bits per heavy atom. The Labute approximate surface area is 86.5 Å². The van der Waals surface area contributed by atoms with Crippen molar-refractivity contribution in [3.05, 3.63) is 0 Å². The monoisotopic (exact) mass is 195 g/mol. The highest BCUT2D eigenvalue weighted by atomic mass is 16.1. The van der Waals surface area contributed by atoms with Crippen molar-refractivity contribution in [1.29, 1.82) is 0 Å². The number of hydrogen-bond donors (Lipinski definition) is 1. The van der Waals surface area contributed by atoms with E-state index in [1.165, 1.54) is 32.1 Å². The minimum atomic E-state index is 0.349. The van der Waals surface area contributed by atoms with Crippen LogP contribution in [-0.2, 0) is 4.79 Å². The van der Waals surface area contributed by atoms with E-state index in [0.29, 0.717) is 17.7 Å². The number of carbonyl (C=O) groups is 1. The van der Waals surface area contributed by atoms with Gasteiger partial charge in [0.1, 0.15) is 5.78 Å². The average Bonchev–Trinajstić information content (AvgIpc) is 2.47. The lowest BCUT2D eigenvalue weighted by Crippen LogP contribution is -2.40. The molecular formula is C12H21NO. The maximum absolute atomic E-state index is 11.8. The molecule has 80 valence electrons. The standard InChI is InChI=1S/C12H21NO/c14-12-8-4-3-6-10(12)11-7-2-1-5-9-13-11/h10-11,13H,1-9H2/t10-,11+/m0/s1. The zero-order valence-electron chi connectivity index (χ0n) is 8.93. The molecule has 0 radical (unpaired) electrons. The molecule has 2 rings (SSSR count). The van der Waals surface area contributed by atoms with E-state index in [-0.39, 0.29) is 0 Å². The molecule has 1 saturated carbocycles. The van der Waals surface area contributed by atoms with E-state index in [4.69, 9.17) is 0 Å². The summed E-state index contributed by atoms with van der Waals surface area (Å²) in [6, 6.07) is 0.505. The highest BCUT2D eigenvalue weighted by molar-refractivity contribution is 5.82. The van der Waals surface area contributed by atoms with Gasteiger partial charge in [-0.2, -0.15) is 0 Å². The molecule has 0 unspecified atom stereocenters. The molecule has 1 aliphatic carbocycles. The minimum absolute atomic E-state index is 0.349. The first-order chi connectivity index (χ1) is 6.88. The predicted molar refractivity (Wildman–Crippen MR) is 57.2 cm³/mol. The largest absolute Gasteiger partial charge is 0.313 e. The van der Waals surface area contributed by atoms with Crippen molar-refractivity contribution in [3.63, 3.8) is 0 Å². The molecule has 0 spiro atoms. The minimum Gasteiger partial charge on any atom is -0.313 e. The topological polar surface area (TPSA) is 29.1 Å². The number of ketones is 1. The van der Waals surface area contributed by atoms with E-state index in [1.807, 2.05) is 0 Å². The Kier molecular flexibility index (Phi) is 3.57. The van der Waals surface area contributed by atoms with Gasteiger partial charge in [0.25, 0.3) is 0 Å². The molecule has 0 aromatic rings. The molecule has 1 heterocycles. The summed E-state index contributed by atoms with van der Waals surface area (Å²) in [4.78, 5) is 11.8. The molecule has 0 amide bonds. The Balaban J connectivity index is 1.93. The summed E-state index contributed by atoms with van der Waals surface area (Å²) < 4.78 is 0. The van der Waals surface area contributed by atoms with Crippen LogP contribution in [0.2, 0.25) is 0 Å². The van der Waals surface area contributed by atoms with Crippen LogP contribution >= 0.6 is 0 Å². The van der Waals surface area contributed by atoms with E-state index in [0.717, 1.165) is 25.8 Å². The predicted octanol–water partition coefficient (Wildman–Crippen LogP) is 2.28. The second kappa shape index (κ2) is 4.92. The van der Waals surface area contributed by atoms with Crippen molar-refractivity contribution < 1.29 is 4.79 Å². The van der Waals surface area contributed by atoms with Gasteiger partial charge in [0.05, 0.1) is 0 Å². The fraction of sp³-hybridized carbons (Fsp3) is 0.917. The number of rotatable bonds is 1. The third-order valence-electron chi connectivity index (χ3n) is 3.69. The van der Waals surface area contributed by atoms with Gasteiger partial charge < -0.3 is 5.32 Å². The van der Waals surface area contributed by atoms with Crippen LogP contribution in [0.1, 0.15) is 51.4 Å². The van der Waals surface area contributed by atoms with Crippen LogP contribution in [0.4, 0.5) is 0 Å². The molecular weight excluding hydrogens is 174 g/mol. The van der Waals surface area contributed by atoms with Crippen LogP contribution in [0.5, 0.6) is 0 Å². The van der Waals surface area contributed by atoms with Crippen molar-refractivity contribution in [2.24, 2.45) is 5.92 Å². The van der Waals surface area contributed by atoms with Gasteiger partial charge in [-0.15, -0.1) is 0 Å². The molecule has 1 saturated heterocycles. The fourth-order valence-corrected chi connectivity index (χ4v) is 2.83. The average molecular weight is 195 g/mol. The van der Waals surface area contributed by atoms with E-state index in [9.17, 15) is 4.79 Å². The maximum Gasteiger partial charge on any atom is 0.137 e. The summed E-state index contributed by atoms with van der Waals surface area (Å²) in [6.45, 7) is 1.12. The third kappa shape index (κ3) is 2.35. The van der Waals surface area contributed by atoms with Crippen LogP contribution in [0.15, 0.2) is 0 Å². The molecule has 2 fully saturated rings. The van der Waals surface area contributed by atoms with Gasteiger partial charge in [0.15, 0.2) is 0 Å². The first-order valence-corrected chi connectivity index (χ1v) is 6.14. The van der Waals surface area contributed by atoms with Gasteiger partial charge in [-0.05, 0) is 32.2 Å². The van der Waals surface area contributed by atoms with Crippen molar-refractivity contribution in [2.75, 3.05) is 6.54 Å². The van der Waals surface area contributed by atoms with Crippen molar-refractivity contribution in [3.8, 4) is 0 Å². The van der Waals surface area contributed by atoms with Gasteiger partial charge >= 0.3 is 0 Å². The van der Waals surface area contributed by atoms with Gasteiger partial charge in [-0.1, -0.05) is 19.3 Å². The molecule has 2 atom stereocenters. The first-order valence-electron chi connectivity index (χ1n) is 6.14. The van der Waals surface area contributed by atoms with E-state index >= 15 is 0 Å². The van der Waals surface area contributed by atoms with Crippen molar-refractivity contribution >= 4 is 5.78 Å². The van der Waals surface area contributed by atoms with E-state index in [2.05, 4.69) is 5.32 Å². The van der Waals surface area contributed by atoms with E-state index < -0.39 is 0 Å². The van der Waals surface area contributed by atoms with Gasteiger partial charge in [0.2, 0.25) is 0 Å². The summed E-state index contributed by atoms with van der Waals surface area (Å²) in [6.07, 6.45) is 9.51. The Morgan fingerprint density at radius 2 is 1.86 bits per heavy atom. The highest BCUT2D eigenvalue weighted by Crippen LogP contribution is 2.27. The van der Waals surface area contributed by atoms with Crippen LogP contribution in [0, 0.1) is 5.92 Å². The number of Topliss-reactive ketones (excluding diaryl/α,β-unsaturated/α-hetero) is 1. The zero-order chi connectivity index (χ0) is 9.80. The van der Waals surface area contributed by atoms with Crippen LogP contribution in [0.3, 0.4) is 0 Å². The lowest BCUT2D eigenvalue weighted by Gasteiger charge is -2.28. The van der Waals surface area contributed by atoms with Crippen molar-refractivity contribution in [2.45, 2.75) is 57.4 Å². The quantitative estimate of drug-likeness (QED) is 0.695. The highest BCUT2D eigenvalue weighted by Gasteiger charge is 2.29. The maximum atomic E-state index is 11.8. The second-order valence-electron chi connectivity index (χ2n) is 4.73. The lowest BCUT2D eigenvalue weighted by molar-refractivity contribution is -0.125. The fourth-order valence-electron chi connectivity index (χ4n) is 2.83. The Morgan fingerprint density at radius 3 is 2.71 bits per heavy atom. The third-order valence-corrected chi connectivity index (χ3v) is 3.69. The van der Waals surface area contributed by atoms with Crippen LogP contribution < -0.4 is 5.32 Å². The molecule has 2 nitrogen and oxygen atoms in total. The summed E-state index contributed by atoms with van der Waals surface area (Å²) >= 11 is 0. The zero-order valence-corrected chi connectivity index (χ0v) is 8.93. The lowest BCUT2D eigenvalue weighted by atomic mass is 9.81. The molecule has 1 aliphatic heterocycles. The normalized spacial score (nSPS) is 35.3. The molecule has 2 aliphatic rings. The van der Waals surface area contributed by atoms with Gasteiger partial charge in [-0.25, -0.2) is 0 Å². The molecule has 0 bridgehead atoms. The number of nitrogens with one attached hydrogen (secondary N) is 1. The molecule has 0 aromatic heterocycles. The summed E-state index contributed by atoms with van der Waals surface area (Å²) in [7, 11) is 0. The molecule has 14 heavy (non-hydrogen) atoms.